The first kappa shape index (κ1) is 17.0. The van der Waals surface area contributed by atoms with E-state index < -0.39 is 24.1 Å². The number of carboxylic acids is 1. The quantitative estimate of drug-likeness (QED) is 0.379. The van der Waals surface area contributed by atoms with Gasteiger partial charge in [-0.1, -0.05) is 0 Å². The molecule has 0 saturated heterocycles. The van der Waals surface area contributed by atoms with Crippen LogP contribution >= 0.6 is 0 Å². The zero-order chi connectivity index (χ0) is 13.4. The Morgan fingerprint density at radius 3 is 2.06 bits per heavy atom. The number of carbonyl (C=O) groups is 2. The molecule has 0 bridgehead atoms. The number of alkyl halides is 3. The molecule has 1 atom stereocenters. The SMILES string of the molecule is COC[C@@H](N)C(=O)NO.O=C(O)C(F)(F)F. The van der Waals surface area contributed by atoms with Gasteiger partial charge in [0.2, 0.25) is 0 Å². The minimum atomic E-state index is -5.08. The van der Waals surface area contributed by atoms with Crippen LogP contribution in [0.1, 0.15) is 0 Å². The minimum Gasteiger partial charge on any atom is -0.475 e. The van der Waals surface area contributed by atoms with E-state index in [9.17, 15) is 18.0 Å². The molecule has 0 aromatic heterocycles. The highest BCUT2D eigenvalue weighted by atomic mass is 19.4. The summed E-state index contributed by atoms with van der Waals surface area (Å²) in [5, 5.41) is 15.1. The van der Waals surface area contributed by atoms with E-state index in [1.54, 1.807) is 0 Å². The molecule has 0 heterocycles. The lowest BCUT2D eigenvalue weighted by molar-refractivity contribution is -0.192. The van der Waals surface area contributed by atoms with Gasteiger partial charge >= 0.3 is 12.1 Å². The van der Waals surface area contributed by atoms with Crippen molar-refractivity contribution in [1.29, 1.82) is 0 Å². The number of amides is 1. The second-order valence-corrected chi connectivity index (χ2v) is 2.34. The second-order valence-electron chi connectivity index (χ2n) is 2.34. The second kappa shape index (κ2) is 7.84. The fraction of sp³-hybridized carbons (Fsp3) is 0.667. The van der Waals surface area contributed by atoms with E-state index in [4.69, 9.17) is 20.8 Å². The summed E-state index contributed by atoms with van der Waals surface area (Å²) in [6.45, 7) is 0.104. The highest BCUT2D eigenvalue weighted by Crippen LogP contribution is 2.13. The molecule has 0 rings (SSSR count). The first-order valence-electron chi connectivity index (χ1n) is 3.65. The molecule has 0 saturated carbocycles. The molecule has 16 heavy (non-hydrogen) atoms. The van der Waals surface area contributed by atoms with Crippen LogP contribution < -0.4 is 11.2 Å². The number of carboxylic acid groups (broad SMARTS) is 1. The molecular formula is C6H11F3N2O5. The summed E-state index contributed by atoms with van der Waals surface area (Å²) in [4.78, 5) is 19.2. The molecule has 1 amide bonds. The van der Waals surface area contributed by atoms with E-state index in [1.165, 1.54) is 12.6 Å². The van der Waals surface area contributed by atoms with Gasteiger partial charge in [-0.3, -0.25) is 10.0 Å². The molecule has 0 aliphatic rings. The Hall–Kier alpha value is -1.39. The molecule has 10 heteroatoms. The van der Waals surface area contributed by atoms with Crippen LogP contribution in [0.5, 0.6) is 0 Å². The van der Waals surface area contributed by atoms with Crippen LogP contribution in [0, 0.1) is 0 Å². The van der Waals surface area contributed by atoms with Crippen molar-refractivity contribution < 1.29 is 37.8 Å². The van der Waals surface area contributed by atoms with Crippen LogP contribution in [0.4, 0.5) is 13.2 Å². The number of hydrogen-bond donors (Lipinski definition) is 4. The van der Waals surface area contributed by atoms with E-state index in [-0.39, 0.29) is 6.61 Å². The summed E-state index contributed by atoms with van der Waals surface area (Å²) >= 11 is 0. The lowest BCUT2D eigenvalue weighted by atomic mass is 10.3. The Kier molecular flexibility index (Phi) is 8.34. The molecular weight excluding hydrogens is 237 g/mol. The fourth-order valence-corrected chi connectivity index (χ4v) is 0.338. The Bertz CT molecular complexity index is 233. The van der Waals surface area contributed by atoms with Gasteiger partial charge in [-0.25, -0.2) is 10.3 Å². The highest BCUT2D eigenvalue weighted by molar-refractivity contribution is 5.80. The topological polar surface area (TPSA) is 122 Å². The molecule has 7 nitrogen and oxygen atoms in total. The zero-order valence-corrected chi connectivity index (χ0v) is 8.11. The molecule has 5 N–H and O–H groups in total. The number of nitrogens with two attached hydrogens (primary N) is 1. The third-order valence-electron chi connectivity index (χ3n) is 1.04. The predicted octanol–water partition coefficient (Wildman–Crippen LogP) is -0.901. The van der Waals surface area contributed by atoms with Crippen LogP contribution in [0.25, 0.3) is 0 Å². The van der Waals surface area contributed by atoms with E-state index in [0.717, 1.165) is 0 Å². The van der Waals surface area contributed by atoms with E-state index >= 15 is 0 Å². The molecule has 0 radical (unpaired) electrons. The van der Waals surface area contributed by atoms with Gasteiger partial charge in [-0.15, -0.1) is 0 Å². The number of halogens is 3. The first-order valence-corrected chi connectivity index (χ1v) is 3.65. The summed E-state index contributed by atoms with van der Waals surface area (Å²) in [5.74, 6) is -3.40. The van der Waals surface area contributed by atoms with Crippen LogP contribution in [0.15, 0.2) is 0 Å². The van der Waals surface area contributed by atoms with Gasteiger partial charge in [-0.05, 0) is 0 Å². The van der Waals surface area contributed by atoms with Crippen molar-refractivity contribution in [2.45, 2.75) is 12.2 Å². The zero-order valence-electron chi connectivity index (χ0n) is 8.11. The van der Waals surface area contributed by atoms with E-state index in [0.29, 0.717) is 0 Å². The molecule has 0 aliphatic heterocycles. The lowest BCUT2D eigenvalue weighted by Gasteiger charge is -2.05. The van der Waals surface area contributed by atoms with Crippen molar-refractivity contribution in [2.24, 2.45) is 5.73 Å². The maximum Gasteiger partial charge on any atom is 0.490 e. The molecule has 96 valence electrons. The minimum absolute atomic E-state index is 0.104. The van der Waals surface area contributed by atoms with E-state index in [2.05, 4.69) is 4.74 Å². The summed E-state index contributed by atoms with van der Waals surface area (Å²) in [6.07, 6.45) is -5.08. The van der Waals surface area contributed by atoms with Crippen molar-refractivity contribution in [2.75, 3.05) is 13.7 Å². The van der Waals surface area contributed by atoms with E-state index in [1.807, 2.05) is 0 Å². The molecule has 0 unspecified atom stereocenters. The standard InChI is InChI=1S/C4H10N2O3.C2HF3O2/c1-9-2-3(5)4(7)6-8;3-2(4,5)1(6)7/h3,8H,2,5H2,1H3,(H,6,7);(H,6,7)/t3-;/m1./s1. The summed E-state index contributed by atoms with van der Waals surface area (Å²) in [7, 11) is 1.42. The summed E-state index contributed by atoms with van der Waals surface area (Å²) < 4.78 is 36.3. The van der Waals surface area contributed by atoms with Crippen LogP contribution in [0.3, 0.4) is 0 Å². The van der Waals surface area contributed by atoms with Crippen molar-refractivity contribution >= 4 is 11.9 Å². The molecule has 0 aromatic carbocycles. The Morgan fingerprint density at radius 1 is 1.50 bits per heavy atom. The third kappa shape index (κ3) is 9.18. The van der Waals surface area contributed by atoms with Crippen molar-refractivity contribution in [3.63, 3.8) is 0 Å². The van der Waals surface area contributed by atoms with Gasteiger partial charge in [0.25, 0.3) is 5.91 Å². The van der Waals surface area contributed by atoms with Crippen molar-refractivity contribution in [3.05, 3.63) is 0 Å². The molecule has 0 spiro atoms. The fourth-order valence-electron chi connectivity index (χ4n) is 0.338. The Morgan fingerprint density at radius 2 is 1.88 bits per heavy atom. The summed E-state index contributed by atoms with van der Waals surface area (Å²) in [5.41, 5.74) is 6.55. The molecule has 0 fully saturated rings. The van der Waals surface area contributed by atoms with Gasteiger partial charge in [0.1, 0.15) is 6.04 Å². The number of carbonyl (C=O) groups excluding carboxylic acids is 1. The highest BCUT2D eigenvalue weighted by Gasteiger charge is 2.38. The largest absolute Gasteiger partial charge is 0.490 e. The monoisotopic (exact) mass is 248 g/mol. The maximum absolute atomic E-state index is 10.6. The Balaban J connectivity index is 0. The van der Waals surface area contributed by atoms with Gasteiger partial charge < -0.3 is 15.6 Å². The molecule has 0 aliphatic carbocycles. The first-order chi connectivity index (χ1) is 7.16. The lowest BCUT2D eigenvalue weighted by Crippen LogP contribution is -2.42. The number of ether oxygens (including phenoxy) is 1. The number of nitrogens with one attached hydrogen (secondary N) is 1. The van der Waals surface area contributed by atoms with Gasteiger partial charge in [0.05, 0.1) is 6.61 Å². The predicted molar refractivity (Wildman–Crippen MR) is 43.5 cm³/mol. The number of hydroxylamine groups is 1. The molecule has 0 aromatic rings. The van der Waals surface area contributed by atoms with Crippen molar-refractivity contribution in [3.8, 4) is 0 Å². The summed E-state index contributed by atoms with van der Waals surface area (Å²) in [6, 6.07) is -0.792. The van der Waals surface area contributed by atoms with Gasteiger partial charge in [-0.2, -0.15) is 13.2 Å². The number of rotatable bonds is 3. The van der Waals surface area contributed by atoms with Crippen LogP contribution in [-0.4, -0.2) is 48.1 Å². The number of methoxy groups -OCH3 is 1. The van der Waals surface area contributed by atoms with Crippen LogP contribution in [0.2, 0.25) is 0 Å². The maximum atomic E-state index is 10.6. The average molecular weight is 248 g/mol. The number of aliphatic carboxylic acids is 1. The van der Waals surface area contributed by atoms with Crippen LogP contribution in [-0.2, 0) is 14.3 Å². The smallest absolute Gasteiger partial charge is 0.475 e. The number of hydrogen-bond acceptors (Lipinski definition) is 5. The van der Waals surface area contributed by atoms with Gasteiger partial charge in [0.15, 0.2) is 0 Å². The van der Waals surface area contributed by atoms with Crippen molar-refractivity contribution in [1.82, 2.24) is 5.48 Å². The average Bonchev–Trinajstić information content (AvgIpc) is 2.16. The third-order valence-corrected chi connectivity index (χ3v) is 1.04. The Labute approximate surface area is 87.9 Å². The normalized spacial score (nSPS) is 12.1. The van der Waals surface area contributed by atoms with Gasteiger partial charge in [0, 0.05) is 7.11 Å².